The van der Waals surface area contributed by atoms with E-state index in [0.29, 0.717) is 6.61 Å². The first-order valence-corrected chi connectivity index (χ1v) is 6.08. The van der Waals surface area contributed by atoms with Gasteiger partial charge in [-0.2, -0.15) is 0 Å². The molecule has 0 saturated carbocycles. The van der Waals surface area contributed by atoms with E-state index >= 15 is 0 Å². The molecule has 2 heteroatoms. The van der Waals surface area contributed by atoms with Crippen LogP contribution in [0.3, 0.4) is 0 Å². The van der Waals surface area contributed by atoms with Crippen LogP contribution in [0.5, 0.6) is 5.75 Å². The zero-order chi connectivity index (χ0) is 12.4. The minimum Gasteiger partial charge on any atom is -0.489 e. The molecule has 0 aliphatic heterocycles. The van der Waals surface area contributed by atoms with Crippen LogP contribution in [-0.4, -0.2) is 4.98 Å². The quantitative estimate of drug-likeness (QED) is 0.730. The highest BCUT2D eigenvalue weighted by molar-refractivity contribution is 5.85. The van der Waals surface area contributed by atoms with Gasteiger partial charge in [0.05, 0.1) is 0 Å². The van der Waals surface area contributed by atoms with Crippen molar-refractivity contribution in [2.75, 3.05) is 0 Å². The number of aryl methyl sites for hydroxylation is 1. The van der Waals surface area contributed by atoms with Gasteiger partial charge in [0, 0.05) is 22.7 Å². The van der Waals surface area contributed by atoms with Crippen LogP contribution in [0.25, 0.3) is 10.9 Å². The Balaban J connectivity index is 1.85. The zero-order valence-electron chi connectivity index (χ0n) is 10.3. The van der Waals surface area contributed by atoms with Crippen LogP contribution in [0.2, 0.25) is 0 Å². The molecular formula is C16H15NO. The lowest BCUT2D eigenvalue weighted by Gasteiger charge is -2.05. The summed E-state index contributed by atoms with van der Waals surface area (Å²) in [6, 6.07) is 16.2. The van der Waals surface area contributed by atoms with Gasteiger partial charge in [0.15, 0.2) is 0 Å². The average molecular weight is 237 g/mol. The third kappa shape index (κ3) is 1.97. The molecule has 2 aromatic carbocycles. The number of fused-ring (bicyclic) bond motifs is 1. The fourth-order valence-corrected chi connectivity index (χ4v) is 2.16. The smallest absolute Gasteiger partial charge is 0.119 e. The fourth-order valence-electron chi connectivity index (χ4n) is 2.16. The van der Waals surface area contributed by atoms with Gasteiger partial charge in [-0.3, -0.25) is 0 Å². The molecule has 0 saturated heterocycles. The summed E-state index contributed by atoms with van der Waals surface area (Å²) in [6.07, 6.45) is 2.03. The minimum absolute atomic E-state index is 0.591. The van der Waals surface area contributed by atoms with Gasteiger partial charge in [0.2, 0.25) is 0 Å². The predicted molar refractivity (Wildman–Crippen MR) is 73.8 cm³/mol. The average Bonchev–Trinajstić information content (AvgIpc) is 2.82. The third-order valence-corrected chi connectivity index (χ3v) is 3.15. The summed E-state index contributed by atoms with van der Waals surface area (Å²) < 4.78 is 5.78. The predicted octanol–water partition coefficient (Wildman–Crippen LogP) is 4.06. The van der Waals surface area contributed by atoms with E-state index in [1.807, 2.05) is 36.5 Å². The van der Waals surface area contributed by atoms with Gasteiger partial charge < -0.3 is 9.72 Å². The summed E-state index contributed by atoms with van der Waals surface area (Å²) in [5.74, 6) is 0.902. The first-order chi connectivity index (χ1) is 8.84. The van der Waals surface area contributed by atoms with Crippen molar-refractivity contribution in [3.8, 4) is 5.75 Å². The van der Waals surface area contributed by atoms with Crippen molar-refractivity contribution in [3.63, 3.8) is 0 Å². The van der Waals surface area contributed by atoms with Crippen LogP contribution in [0.15, 0.2) is 54.7 Å². The second-order valence-electron chi connectivity index (χ2n) is 4.41. The number of nitrogens with one attached hydrogen (secondary N) is 1. The maximum absolute atomic E-state index is 5.78. The van der Waals surface area contributed by atoms with Crippen molar-refractivity contribution in [3.05, 3.63) is 65.9 Å². The van der Waals surface area contributed by atoms with Gasteiger partial charge in [-0.05, 0) is 24.6 Å². The Morgan fingerprint density at radius 1 is 1.00 bits per heavy atom. The second-order valence-corrected chi connectivity index (χ2v) is 4.41. The molecule has 0 unspecified atom stereocenters. The van der Waals surface area contributed by atoms with Gasteiger partial charge in [-0.15, -0.1) is 0 Å². The standard InChI is InChI=1S/C16H15NO/c1-12-6-5-9-15-13(10-17-16(12)15)11-18-14-7-3-2-4-8-14/h2-10,17H,11H2,1H3. The third-order valence-electron chi connectivity index (χ3n) is 3.15. The number of aromatic amines is 1. The van der Waals surface area contributed by atoms with E-state index < -0.39 is 0 Å². The Hall–Kier alpha value is -2.22. The maximum atomic E-state index is 5.78. The lowest BCUT2D eigenvalue weighted by atomic mass is 10.1. The number of para-hydroxylation sites is 2. The van der Waals surface area contributed by atoms with Crippen LogP contribution in [-0.2, 0) is 6.61 Å². The molecule has 18 heavy (non-hydrogen) atoms. The van der Waals surface area contributed by atoms with Crippen LogP contribution in [0.4, 0.5) is 0 Å². The van der Waals surface area contributed by atoms with Gasteiger partial charge >= 0.3 is 0 Å². The molecule has 0 radical (unpaired) electrons. The molecule has 0 bridgehead atoms. The minimum atomic E-state index is 0.591. The largest absolute Gasteiger partial charge is 0.489 e. The summed E-state index contributed by atoms with van der Waals surface area (Å²) in [7, 11) is 0. The molecule has 0 aliphatic carbocycles. The monoisotopic (exact) mass is 237 g/mol. The summed E-state index contributed by atoms with van der Waals surface area (Å²) in [5.41, 5.74) is 3.65. The van der Waals surface area contributed by atoms with Crippen molar-refractivity contribution in [2.45, 2.75) is 13.5 Å². The van der Waals surface area contributed by atoms with Crippen molar-refractivity contribution < 1.29 is 4.74 Å². The van der Waals surface area contributed by atoms with Crippen LogP contribution >= 0.6 is 0 Å². The van der Waals surface area contributed by atoms with Gasteiger partial charge in [-0.1, -0.05) is 36.4 Å². The topological polar surface area (TPSA) is 25.0 Å². The molecule has 0 aliphatic rings. The van der Waals surface area contributed by atoms with E-state index in [0.717, 1.165) is 5.75 Å². The van der Waals surface area contributed by atoms with Crippen molar-refractivity contribution in [2.24, 2.45) is 0 Å². The van der Waals surface area contributed by atoms with Crippen LogP contribution < -0.4 is 4.74 Å². The van der Waals surface area contributed by atoms with Crippen LogP contribution in [0.1, 0.15) is 11.1 Å². The number of benzene rings is 2. The summed E-state index contributed by atoms with van der Waals surface area (Å²) >= 11 is 0. The Morgan fingerprint density at radius 3 is 2.67 bits per heavy atom. The number of hydrogen-bond donors (Lipinski definition) is 1. The highest BCUT2D eigenvalue weighted by Gasteiger charge is 2.05. The molecule has 1 aromatic heterocycles. The number of rotatable bonds is 3. The zero-order valence-corrected chi connectivity index (χ0v) is 10.3. The number of H-pyrrole nitrogens is 1. The lowest BCUT2D eigenvalue weighted by molar-refractivity contribution is 0.307. The highest BCUT2D eigenvalue weighted by Crippen LogP contribution is 2.22. The molecular weight excluding hydrogens is 222 g/mol. The van der Waals surface area contributed by atoms with Gasteiger partial charge in [0.1, 0.15) is 12.4 Å². The SMILES string of the molecule is Cc1cccc2c(COc3ccccc3)c[nH]c12. The first kappa shape index (κ1) is 10.9. The van der Waals surface area contributed by atoms with Crippen molar-refractivity contribution >= 4 is 10.9 Å². The Kier molecular flexibility index (Phi) is 2.77. The van der Waals surface area contributed by atoms with Gasteiger partial charge in [-0.25, -0.2) is 0 Å². The van der Waals surface area contributed by atoms with Crippen molar-refractivity contribution in [1.82, 2.24) is 4.98 Å². The Bertz CT molecular complexity index is 655. The number of ether oxygens (including phenoxy) is 1. The molecule has 2 nitrogen and oxygen atoms in total. The van der Waals surface area contributed by atoms with E-state index in [-0.39, 0.29) is 0 Å². The number of aromatic nitrogens is 1. The molecule has 0 atom stereocenters. The molecule has 3 rings (SSSR count). The molecule has 0 fully saturated rings. The molecule has 0 amide bonds. The number of hydrogen-bond acceptors (Lipinski definition) is 1. The van der Waals surface area contributed by atoms with Crippen molar-refractivity contribution in [1.29, 1.82) is 0 Å². The van der Waals surface area contributed by atoms with E-state index in [1.165, 1.54) is 22.0 Å². The molecule has 0 spiro atoms. The first-order valence-electron chi connectivity index (χ1n) is 6.08. The lowest BCUT2D eigenvalue weighted by Crippen LogP contribution is -1.93. The van der Waals surface area contributed by atoms with E-state index in [2.05, 4.69) is 30.1 Å². The Morgan fingerprint density at radius 2 is 1.83 bits per heavy atom. The van der Waals surface area contributed by atoms with E-state index in [9.17, 15) is 0 Å². The normalized spacial score (nSPS) is 10.7. The van der Waals surface area contributed by atoms with Crippen LogP contribution in [0, 0.1) is 6.92 Å². The summed E-state index contributed by atoms with van der Waals surface area (Å²) in [5, 5.41) is 1.24. The fraction of sp³-hybridized carbons (Fsp3) is 0.125. The molecule has 90 valence electrons. The Labute approximate surface area is 106 Å². The maximum Gasteiger partial charge on any atom is 0.119 e. The van der Waals surface area contributed by atoms with E-state index in [4.69, 9.17) is 4.74 Å². The molecule has 1 N–H and O–H groups in total. The van der Waals surface area contributed by atoms with E-state index in [1.54, 1.807) is 0 Å². The highest BCUT2D eigenvalue weighted by atomic mass is 16.5. The van der Waals surface area contributed by atoms with Gasteiger partial charge in [0.25, 0.3) is 0 Å². The molecule has 1 heterocycles. The summed E-state index contributed by atoms with van der Waals surface area (Å²) in [6.45, 7) is 2.70. The molecule has 3 aromatic rings. The summed E-state index contributed by atoms with van der Waals surface area (Å²) in [4.78, 5) is 3.31. The second kappa shape index (κ2) is 4.57.